The zero-order valence-corrected chi connectivity index (χ0v) is 8.57. The SMILES string of the molecule is Cc1nc(CC(C)N)n2ccccc12. The lowest BCUT2D eigenvalue weighted by molar-refractivity contribution is 0.699. The zero-order chi connectivity index (χ0) is 10.1. The van der Waals surface area contributed by atoms with Crippen molar-refractivity contribution in [3.63, 3.8) is 0 Å². The molecule has 0 spiro atoms. The van der Waals surface area contributed by atoms with Crippen molar-refractivity contribution >= 4 is 5.52 Å². The summed E-state index contributed by atoms with van der Waals surface area (Å²) in [5.41, 5.74) is 8.01. The van der Waals surface area contributed by atoms with E-state index in [-0.39, 0.29) is 6.04 Å². The second-order valence-electron chi connectivity index (χ2n) is 3.75. The monoisotopic (exact) mass is 189 g/mol. The van der Waals surface area contributed by atoms with E-state index in [1.807, 2.05) is 32.2 Å². The third-order valence-corrected chi connectivity index (χ3v) is 2.31. The predicted molar refractivity (Wildman–Crippen MR) is 57.3 cm³/mol. The Labute approximate surface area is 83.6 Å². The van der Waals surface area contributed by atoms with Gasteiger partial charge in [0.25, 0.3) is 0 Å². The molecule has 2 rings (SSSR count). The number of nitrogens with zero attached hydrogens (tertiary/aromatic N) is 2. The van der Waals surface area contributed by atoms with Gasteiger partial charge in [-0.2, -0.15) is 0 Å². The number of hydrogen-bond acceptors (Lipinski definition) is 2. The van der Waals surface area contributed by atoms with Crippen LogP contribution in [0.5, 0.6) is 0 Å². The van der Waals surface area contributed by atoms with Crippen molar-refractivity contribution < 1.29 is 0 Å². The number of aromatic nitrogens is 2. The Kier molecular flexibility index (Phi) is 2.25. The van der Waals surface area contributed by atoms with Crippen LogP contribution in [0.4, 0.5) is 0 Å². The summed E-state index contributed by atoms with van der Waals surface area (Å²) in [5, 5.41) is 0. The highest BCUT2D eigenvalue weighted by Gasteiger charge is 2.08. The van der Waals surface area contributed by atoms with Crippen LogP contribution in [0.2, 0.25) is 0 Å². The van der Waals surface area contributed by atoms with Gasteiger partial charge in [-0.15, -0.1) is 0 Å². The fourth-order valence-corrected chi connectivity index (χ4v) is 1.70. The van der Waals surface area contributed by atoms with E-state index in [9.17, 15) is 0 Å². The Balaban J connectivity index is 2.55. The van der Waals surface area contributed by atoms with E-state index in [0.717, 1.165) is 17.9 Å². The van der Waals surface area contributed by atoms with Gasteiger partial charge in [0.05, 0.1) is 11.2 Å². The van der Waals surface area contributed by atoms with Gasteiger partial charge in [-0.25, -0.2) is 4.98 Å². The number of nitrogens with two attached hydrogens (primary N) is 1. The van der Waals surface area contributed by atoms with E-state index < -0.39 is 0 Å². The summed E-state index contributed by atoms with van der Waals surface area (Å²) in [6, 6.07) is 6.27. The van der Waals surface area contributed by atoms with Crippen LogP contribution in [0.1, 0.15) is 18.4 Å². The average Bonchev–Trinajstić information content (AvgIpc) is 2.44. The van der Waals surface area contributed by atoms with Crippen LogP contribution < -0.4 is 5.73 Å². The second kappa shape index (κ2) is 3.42. The molecule has 3 heteroatoms. The molecule has 2 heterocycles. The van der Waals surface area contributed by atoms with Crippen LogP contribution in [0.25, 0.3) is 5.52 Å². The van der Waals surface area contributed by atoms with E-state index in [1.54, 1.807) is 0 Å². The molecule has 0 saturated heterocycles. The van der Waals surface area contributed by atoms with Gasteiger partial charge in [-0.1, -0.05) is 6.07 Å². The molecule has 3 nitrogen and oxygen atoms in total. The molecular formula is C11H15N3. The topological polar surface area (TPSA) is 43.3 Å². The van der Waals surface area contributed by atoms with Gasteiger partial charge in [-0.05, 0) is 26.0 Å². The highest BCUT2D eigenvalue weighted by molar-refractivity contribution is 5.52. The van der Waals surface area contributed by atoms with Crippen LogP contribution in [-0.4, -0.2) is 15.4 Å². The Morgan fingerprint density at radius 2 is 2.29 bits per heavy atom. The molecule has 0 saturated carbocycles. The minimum absolute atomic E-state index is 0.153. The number of imidazole rings is 1. The molecular weight excluding hydrogens is 174 g/mol. The third-order valence-electron chi connectivity index (χ3n) is 2.31. The summed E-state index contributed by atoms with van der Waals surface area (Å²) in [6.45, 7) is 4.03. The van der Waals surface area contributed by atoms with Crippen molar-refractivity contribution in [1.82, 2.24) is 9.38 Å². The minimum atomic E-state index is 0.153. The summed E-state index contributed by atoms with van der Waals surface area (Å²) in [7, 11) is 0. The molecule has 2 aromatic heterocycles. The summed E-state index contributed by atoms with van der Waals surface area (Å²) in [5.74, 6) is 1.05. The smallest absolute Gasteiger partial charge is 0.115 e. The van der Waals surface area contributed by atoms with Crippen LogP contribution in [-0.2, 0) is 6.42 Å². The first-order valence-corrected chi connectivity index (χ1v) is 4.86. The van der Waals surface area contributed by atoms with Crippen LogP contribution in [0, 0.1) is 6.92 Å². The number of hydrogen-bond donors (Lipinski definition) is 1. The van der Waals surface area contributed by atoms with E-state index in [1.165, 1.54) is 5.52 Å². The first-order chi connectivity index (χ1) is 6.68. The molecule has 0 amide bonds. The highest BCUT2D eigenvalue weighted by atomic mass is 15.0. The predicted octanol–water partition coefficient (Wildman–Crippen LogP) is 1.53. The highest BCUT2D eigenvalue weighted by Crippen LogP contribution is 2.12. The number of rotatable bonds is 2. The lowest BCUT2D eigenvalue weighted by Crippen LogP contribution is -2.19. The molecule has 1 atom stereocenters. The summed E-state index contributed by atoms with van der Waals surface area (Å²) >= 11 is 0. The van der Waals surface area contributed by atoms with Gasteiger partial charge in [0, 0.05) is 18.7 Å². The van der Waals surface area contributed by atoms with E-state index in [2.05, 4.69) is 15.5 Å². The molecule has 2 N–H and O–H groups in total. The average molecular weight is 189 g/mol. The zero-order valence-electron chi connectivity index (χ0n) is 8.57. The van der Waals surface area contributed by atoms with Crippen molar-refractivity contribution in [3.05, 3.63) is 35.9 Å². The maximum Gasteiger partial charge on any atom is 0.115 e. The molecule has 0 aliphatic carbocycles. The van der Waals surface area contributed by atoms with Crippen LogP contribution in [0.3, 0.4) is 0 Å². The maximum absolute atomic E-state index is 5.77. The van der Waals surface area contributed by atoms with Gasteiger partial charge in [0.2, 0.25) is 0 Å². The normalized spacial score (nSPS) is 13.4. The largest absolute Gasteiger partial charge is 0.328 e. The van der Waals surface area contributed by atoms with Gasteiger partial charge < -0.3 is 10.1 Å². The maximum atomic E-state index is 5.77. The van der Waals surface area contributed by atoms with Crippen molar-refractivity contribution in [2.75, 3.05) is 0 Å². The van der Waals surface area contributed by atoms with Gasteiger partial charge in [0.15, 0.2) is 0 Å². The fourth-order valence-electron chi connectivity index (χ4n) is 1.70. The molecule has 0 bridgehead atoms. The molecule has 74 valence electrons. The molecule has 0 fully saturated rings. The lowest BCUT2D eigenvalue weighted by Gasteiger charge is -2.03. The van der Waals surface area contributed by atoms with Crippen LogP contribution in [0.15, 0.2) is 24.4 Å². The minimum Gasteiger partial charge on any atom is -0.328 e. The van der Waals surface area contributed by atoms with Gasteiger partial charge in [0.1, 0.15) is 5.82 Å². The van der Waals surface area contributed by atoms with E-state index in [0.29, 0.717) is 0 Å². The van der Waals surface area contributed by atoms with E-state index >= 15 is 0 Å². The van der Waals surface area contributed by atoms with E-state index in [4.69, 9.17) is 5.73 Å². The quantitative estimate of drug-likeness (QED) is 0.778. The number of pyridine rings is 1. The number of fused-ring (bicyclic) bond motifs is 1. The molecule has 14 heavy (non-hydrogen) atoms. The second-order valence-corrected chi connectivity index (χ2v) is 3.75. The summed E-state index contributed by atoms with van der Waals surface area (Å²) < 4.78 is 2.11. The molecule has 0 aromatic carbocycles. The summed E-state index contributed by atoms with van der Waals surface area (Å²) in [6.07, 6.45) is 2.85. The first kappa shape index (κ1) is 9.21. The van der Waals surface area contributed by atoms with Crippen LogP contribution >= 0.6 is 0 Å². The third kappa shape index (κ3) is 1.51. The van der Waals surface area contributed by atoms with Crippen molar-refractivity contribution in [2.45, 2.75) is 26.3 Å². The molecule has 0 aliphatic heterocycles. The van der Waals surface area contributed by atoms with Gasteiger partial charge >= 0.3 is 0 Å². The Morgan fingerprint density at radius 3 is 3.00 bits per heavy atom. The van der Waals surface area contributed by atoms with Crippen molar-refractivity contribution in [3.8, 4) is 0 Å². The standard InChI is InChI=1S/C11H15N3/c1-8(12)7-11-13-9(2)10-5-3-4-6-14(10)11/h3-6,8H,7,12H2,1-2H3. The Bertz CT molecular complexity index is 443. The van der Waals surface area contributed by atoms with Crippen molar-refractivity contribution in [2.24, 2.45) is 5.73 Å². The molecule has 1 unspecified atom stereocenters. The molecule has 0 aliphatic rings. The summed E-state index contributed by atoms with van der Waals surface area (Å²) in [4.78, 5) is 4.51. The van der Waals surface area contributed by atoms with Crippen molar-refractivity contribution in [1.29, 1.82) is 0 Å². The lowest BCUT2D eigenvalue weighted by atomic mass is 10.2. The Hall–Kier alpha value is -1.35. The Morgan fingerprint density at radius 1 is 1.50 bits per heavy atom. The number of aryl methyl sites for hydroxylation is 1. The first-order valence-electron chi connectivity index (χ1n) is 4.86. The van der Waals surface area contributed by atoms with Gasteiger partial charge in [-0.3, -0.25) is 0 Å². The molecule has 2 aromatic rings. The molecule has 0 radical (unpaired) electrons. The fraction of sp³-hybridized carbons (Fsp3) is 0.364.